The van der Waals surface area contributed by atoms with Gasteiger partial charge in [0.25, 0.3) is 5.91 Å². The van der Waals surface area contributed by atoms with Crippen LogP contribution in [0.1, 0.15) is 48.0 Å². The molecule has 6 heteroatoms. The van der Waals surface area contributed by atoms with Crippen molar-refractivity contribution in [3.05, 3.63) is 5.32 Å². The van der Waals surface area contributed by atoms with Crippen LogP contribution in [0, 0.1) is 0 Å². The molecular formula is C15H34N3O2Y-. The van der Waals surface area contributed by atoms with Crippen molar-refractivity contribution in [2.75, 3.05) is 33.3 Å². The molecule has 1 atom stereocenters. The maximum Gasteiger partial charge on any atom is 0.251 e. The molecule has 0 bridgehead atoms. The first-order valence-corrected chi connectivity index (χ1v) is 7.65. The molecule has 0 fully saturated rings. The minimum absolute atomic E-state index is 0. The average Bonchev–Trinajstić information content (AvgIpc) is 2.41. The molecule has 0 saturated carbocycles. The van der Waals surface area contributed by atoms with Crippen LogP contribution in [0.15, 0.2) is 0 Å². The van der Waals surface area contributed by atoms with E-state index in [0.717, 1.165) is 13.0 Å². The Kier molecular flexibility index (Phi) is 21.1. The Bertz CT molecular complexity index is 239. The smallest absolute Gasteiger partial charge is 0.251 e. The largest absolute Gasteiger partial charge is 0.664 e. The van der Waals surface area contributed by atoms with Gasteiger partial charge in [-0.15, -0.1) is 6.54 Å². The maximum atomic E-state index is 11.8. The SMILES string of the molecule is CC.CCNC(C)CCOC(C)(C)C(=O)NCC[N-]C.[Y]. The summed E-state index contributed by atoms with van der Waals surface area (Å²) in [5.41, 5.74) is -0.778. The molecule has 125 valence electrons. The van der Waals surface area contributed by atoms with Gasteiger partial charge < -0.3 is 20.7 Å². The van der Waals surface area contributed by atoms with Crippen molar-refractivity contribution in [2.45, 2.75) is 59.6 Å². The zero-order chi connectivity index (χ0) is 16.0. The second kappa shape index (κ2) is 16.8. The van der Waals surface area contributed by atoms with Gasteiger partial charge in [-0.2, -0.15) is 7.05 Å². The summed E-state index contributed by atoms with van der Waals surface area (Å²) in [6, 6.07) is 0.410. The number of likely N-dealkylation sites (N-methyl/N-ethyl adjacent to an activating group) is 1. The van der Waals surface area contributed by atoms with E-state index in [2.05, 4.69) is 29.8 Å². The fourth-order valence-corrected chi connectivity index (χ4v) is 1.50. The molecule has 0 aromatic carbocycles. The third-order valence-electron chi connectivity index (χ3n) is 2.73. The molecule has 0 rings (SSSR count). The molecule has 1 unspecified atom stereocenters. The van der Waals surface area contributed by atoms with Crippen molar-refractivity contribution in [3.8, 4) is 0 Å². The minimum atomic E-state index is -0.778. The number of hydrogen-bond donors (Lipinski definition) is 2. The van der Waals surface area contributed by atoms with Gasteiger partial charge in [-0.05, 0) is 40.3 Å². The third-order valence-corrected chi connectivity index (χ3v) is 2.73. The molecule has 5 nitrogen and oxygen atoms in total. The predicted octanol–water partition coefficient (Wildman–Crippen LogP) is 2.31. The molecule has 0 aliphatic rings. The van der Waals surface area contributed by atoms with Gasteiger partial charge in [-0.1, -0.05) is 20.8 Å². The van der Waals surface area contributed by atoms with Gasteiger partial charge in [0, 0.05) is 45.4 Å². The predicted molar refractivity (Wildman–Crippen MR) is 86.3 cm³/mol. The molecule has 0 spiro atoms. The van der Waals surface area contributed by atoms with Crippen LogP contribution in [0.25, 0.3) is 5.32 Å². The van der Waals surface area contributed by atoms with Crippen molar-refractivity contribution in [1.82, 2.24) is 10.6 Å². The molecular weight excluding hydrogens is 343 g/mol. The number of carbonyl (C=O) groups is 1. The van der Waals surface area contributed by atoms with Crippen molar-refractivity contribution in [1.29, 1.82) is 0 Å². The summed E-state index contributed by atoms with van der Waals surface area (Å²) < 4.78 is 5.66. The van der Waals surface area contributed by atoms with E-state index < -0.39 is 5.60 Å². The first-order chi connectivity index (χ1) is 9.44. The van der Waals surface area contributed by atoms with Gasteiger partial charge in [0.05, 0.1) is 0 Å². The normalized spacial score (nSPS) is 11.8. The molecule has 0 heterocycles. The van der Waals surface area contributed by atoms with E-state index in [1.54, 1.807) is 20.9 Å². The molecule has 0 aromatic heterocycles. The zero-order valence-electron chi connectivity index (χ0n) is 15.0. The summed E-state index contributed by atoms with van der Waals surface area (Å²) in [5.74, 6) is -0.0812. The van der Waals surface area contributed by atoms with E-state index in [0.29, 0.717) is 25.7 Å². The molecule has 1 radical (unpaired) electrons. The van der Waals surface area contributed by atoms with E-state index in [9.17, 15) is 4.79 Å². The quantitative estimate of drug-likeness (QED) is 0.575. The standard InChI is InChI=1S/C13H28N3O2.C2H6.Y/c1-6-15-11(2)7-10-18-13(3,4)12(17)16-9-8-14-5;1-2;/h11,15H,6-10H2,1-5H3,(H,16,17);1-2H3;/q-1;;. The summed E-state index contributed by atoms with van der Waals surface area (Å²) in [6.07, 6.45) is 0.898. The van der Waals surface area contributed by atoms with Crippen LogP contribution in [0.3, 0.4) is 0 Å². The number of carbonyl (C=O) groups excluding carboxylic acids is 1. The minimum Gasteiger partial charge on any atom is -0.664 e. The summed E-state index contributed by atoms with van der Waals surface area (Å²) >= 11 is 0. The number of hydrogen-bond acceptors (Lipinski definition) is 3. The molecule has 2 N–H and O–H groups in total. The van der Waals surface area contributed by atoms with Gasteiger partial charge in [0.2, 0.25) is 0 Å². The van der Waals surface area contributed by atoms with E-state index >= 15 is 0 Å². The second-order valence-corrected chi connectivity index (χ2v) is 4.90. The summed E-state index contributed by atoms with van der Waals surface area (Å²) in [4.78, 5) is 11.8. The second-order valence-electron chi connectivity index (χ2n) is 4.90. The van der Waals surface area contributed by atoms with Crippen molar-refractivity contribution < 1.29 is 42.2 Å². The van der Waals surface area contributed by atoms with Crippen molar-refractivity contribution in [3.63, 3.8) is 0 Å². The molecule has 1 amide bonds. The first-order valence-electron chi connectivity index (χ1n) is 7.65. The zero-order valence-corrected chi connectivity index (χ0v) is 17.8. The van der Waals surface area contributed by atoms with Crippen LogP contribution < -0.4 is 10.6 Å². The Balaban J connectivity index is -0.00000103. The van der Waals surface area contributed by atoms with Crippen LogP contribution in [0.4, 0.5) is 0 Å². The number of nitrogens with one attached hydrogen (secondary N) is 2. The van der Waals surface area contributed by atoms with Crippen LogP contribution in [0.2, 0.25) is 0 Å². The Hall–Kier alpha value is 0.454. The molecule has 0 aliphatic heterocycles. The Morgan fingerprint density at radius 2 is 1.90 bits per heavy atom. The summed E-state index contributed by atoms with van der Waals surface area (Å²) in [5, 5.41) is 10.1. The Labute approximate surface area is 156 Å². The molecule has 0 aliphatic carbocycles. The number of rotatable bonds is 10. The van der Waals surface area contributed by atoms with Crippen molar-refractivity contribution >= 4 is 5.91 Å². The number of ether oxygens (including phenoxy) is 1. The van der Waals surface area contributed by atoms with Gasteiger partial charge in [-0.25, -0.2) is 0 Å². The van der Waals surface area contributed by atoms with Gasteiger partial charge in [0.1, 0.15) is 5.60 Å². The maximum absolute atomic E-state index is 11.8. The Morgan fingerprint density at radius 3 is 2.38 bits per heavy atom. The monoisotopic (exact) mass is 377 g/mol. The Morgan fingerprint density at radius 1 is 1.33 bits per heavy atom. The first kappa shape index (κ1) is 26.4. The van der Waals surface area contributed by atoms with Gasteiger partial charge >= 0.3 is 0 Å². The molecule has 0 aromatic rings. The number of amides is 1. The van der Waals surface area contributed by atoms with E-state index in [1.807, 2.05) is 13.8 Å². The van der Waals surface area contributed by atoms with Crippen LogP contribution in [0.5, 0.6) is 0 Å². The third kappa shape index (κ3) is 15.1. The van der Waals surface area contributed by atoms with Gasteiger partial charge in [0.15, 0.2) is 0 Å². The number of nitrogens with zero attached hydrogens (tertiary/aromatic N) is 1. The fourth-order valence-electron chi connectivity index (χ4n) is 1.50. The fraction of sp³-hybridized carbons (Fsp3) is 0.933. The van der Waals surface area contributed by atoms with E-state index in [1.165, 1.54) is 0 Å². The summed E-state index contributed by atoms with van der Waals surface area (Å²) in [6.45, 7) is 14.5. The van der Waals surface area contributed by atoms with E-state index in [-0.39, 0.29) is 38.6 Å². The topological polar surface area (TPSA) is 64.5 Å². The molecule has 0 saturated heterocycles. The van der Waals surface area contributed by atoms with Gasteiger partial charge in [-0.3, -0.25) is 4.79 Å². The summed E-state index contributed by atoms with van der Waals surface area (Å²) in [7, 11) is 1.73. The van der Waals surface area contributed by atoms with Crippen molar-refractivity contribution in [2.24, 2.45) is 0 Å². The average molecular weight is 377 g/mol. The van der Waals surface area contributed by atoms with E-state index in [4.69, 9.17) is 4.74 Å². The molecule has 21 heavy (non-hydrogen) atoms. The van der Waals surface area contributed by atoms with Crippen LogP contribution >= 0.6 is 0 Å². The van der Waals surface area contributed by atoms with Crippen LogP contribution in [-0.2, 0) is 42.2 Å². The van der Waals surface area contributed by atoms with Crippen LogP contribution in [-0.4, -0.2) is 50.8 Å².